The van der Waals surface area contributed by atoms with Crippen LogP contribution in [0, 0.1) is 0 Å². The van der Waals surface area contributed by atoms with Crippen LogP contribution in [-0.2, 0) is 4.74 Å². The molecule has 6 rings (SSSR count). The van der Waals surface area contributed by atoms with Crippen LogP contribution in [0.2, 0.25) is 0 Å². The fourth-order valence-corrected chi connectivity index (χ4v) is 6.20. The van der Waals surface area contributed by atoms with Crippen molar-refractivity contribution < 1.29 is 14.6 Å². The van der Waals surface area contributed by atoms with Gasteiger partial charge in [0, 0.05) is 24.4 Å². The lowest BCUT2D eigenvalue weighted by molar-refractivity contribution is 0.311. The van der Waals surface area contributed by atoms with Gasteiger partial charge in [-0.3, -0.25) is 0 Å². The first-order valence-corrected chi connectivity index (χ1v) is 14.2. The van der Waals surface area contributed by atoms with Gasteiger partial charge in [0.05, 0.1) is 17.2 Å². The molecule has 2 N–H and O–H groups in total. The molecule has 2 aromatic rings. The van der Waals surface area contributed by atoms with Crippen LogP contribution in [0.4, 0.5) is 5.69 Å². The third-order valence-electron chi connectivity index (χ3n) is 8.19. The first-order chi connectivity index (χ1) is 18.6. The zero-order valence-corrected chi connectivity index (χ0v) is 22.6. The van der Waals surface area contributed by atoms with Crippen molar-refractivity contribution in [2.45, 2.75) is 58.8 Å². The van der Waals surface area contributed by atoms with Gasteiger partial charge >= 0.3 is 0 Å². The Morgan fingerprint density at radius 3 is 2.50 bits per heavy atom. The highest BCUT2D eigenvalue weighted by atomic mass is 16.5. The molecule has 0 bridgehead atoms. The van der Waals surface area contributed by atoms with E-state index in [1.165, 1.54) is 22.3 Å². The van der Waals surface area contributed by atoms with Gasteiger partial charge in [0.25, 0.3) is 5.75 Å². The van der Waals surface area contributed by atoms with Crippen molar-refractivity contribution in [3.05, 3.63) is 99.4 Å². The van der Waals surface area contributed by atoms with Gasteiger partial charge in [-0.15, -0.1) is 0 Å². The number of fused-ring (bicyclic) bond motifs is 3. The van der Waals surface area contributed by atoms with Crippen molar-refractivity contribution in [3.63, 3.8) is 0 Å². The molecule has 0 amide bonds. The van der Waals surface area contributed by atoms with Gasteiger partial charge in [-0.2, -0.15) is 0 Å². The zero-order valence-electron chi connectivity index (χ0n) is 22.6. The van der Waals surface area contributed by atoms with E-state index in [0.29, 0.717) is 12.4 Å². The molecule has 0 spiro atoms. The Labute approximate surface area is 226 Å². The third-order valence-corrected chi connectivity index (χ3v) is 8.19. The van der Waals surface area contributed by atoms with Crippen molar-refractivity contribution in [2.75, 3.05) is 24.6 Å². The number of allylic oxidation sites excluding steroid dienone is 5. The quantitative estimate of drug-likeness (QED) is 0.384. The largest absolute Gasteiger partial charge is 0.593 e. The smallest absolute Gasteiger partial charge is 0.263 e. The number of ether oxygens (including phenoxy) is 2. The summed E-state index contributed by atoms with van der Waals surface area (Å²) in [6.07, 6.45) is 14.7. The molecule has 2 aliphatic heterocycles. The number of rotatable bonds is 5. The molecule has 4 heteroatoms. The maximum absolute atomic E-state index is 8.63. The van der Waals surface area contributed by atoms with Crippen molar-refractivity contribution in [1.82, 2.24) is 0 Å². The van der Waals surface area contributed by atoms with E-state index in [-0.39, 0.29) is 0 Å². The van der Waals surface area contributed by atoms with Crippen LogP contribution in [0.3, 0.4) is 0 Å². The molecule has 1 fully saturated rings. The molecule has 2 heterocycles. The van der Waals surface area contributed by atoms with Crippen molar-refractivity contribution >= 4 is 17.5 Å². The van der Waals surface area contributed by atoms with E-state index in [1.807, 2.05) is 24.3 Å². The summed E-state index contributed by atoms with van der Waals surface area (Å²) in [7, 11) is 0. The van der Waals surface area contributed by atoms with Crippen molar-refractivity contribution in [3.8, 4) is 11.5 Å². The van der Waals surface area contributed by atoms with Crippen LogP contribution in [0.1, 0.15) is 69.9 Å². The van der Waals surface area contributed by atoms with Gasteiger partial charge in [-0.1, -0.05) is 29.4 Å². The normalized spacial score (nSPS) is 20.8. The summed E-state index contributed by atoms with van der Waals surface area (Å²) >= 11 is 0. The lowest BCUT2D eigenvalue weighted by Gasteiger charge is -2.31. The maximum Gasteiger partial charge on any atom is 0.263 e. The average molecular weight is 509 g/mol. The minimum absolute atomic E-state index is 0.571. The summed E-state index contributed by atoms with van der Waals surface area (Å²) in [5.74, 6) is 3.54. The van der Waals surface area contributed by atoms with Crippen LogP contribution in [-0.4, -0.2) is 24.8 Å². The predicted molar refractivity (Wildman–Crippen MR) is 156 cm³/mol. The first kappa shape index (κ1) is 24.7. The highest BCUT2D eigenvalue weighted by Crippen LogP contribution is 2.45. The van der Waals surface area contributed by atoms with Gasteiger partial charge in [0.2, 0.25) is 0 Å². The number of para-hydroxylation sites is 1. The highest BCUT2D eigenvalue weighted by Gasteiger charge is 2.30. The van der Waals surface area contributed by atoms with Crippen molar-refractivity contribution in [1.29, 1.82) is 0 Å². The maximum atomic E-state index is 8.63. The first-order valence-electron chi connectivity index (χ1n) is 14.2. The summed E-state index contributed by atoms with van der Waals surface area (Å²) in [5, 5.41) is 8.63. The van der Waals surface area contributed by atoms with Gasteiger partial charge < -0.3 is 19.5 Å². The summed E-state index contributed by atoms with van der Waals surface area (Å²) in [6, 6.07) is 14.5. The minimum Gasteiger partial charge on any atom is -0.593 e. The van der Waals surface area contributed by atoms with Crippen molar-refractivity contribution in [2.24, 2.45) is 0 Å². The Morgan fingerprint density at radius 2 is 1.68 bits per heavy atom. The molecule has 0 aromatic heterocycles. The molecule has 1 saturated carbocycles. The van der Waals surface area contributed by atoms with Gasteiger partial charge in [0.1, 0.15) is 23.9 Å². The predicted octanol–water partition coefficient (Wildman–Crippen LogP) is 8.05. The average Bonchev–Trinajstić information content (AvgIpc) is 2.94. The molecule has 0 radical (unpaired) electrons. The highest BCUT2D eigenvalue weighted by molar-refractivity contribution is 5.76. The number of hydrogen-bond donors (Lipinski definition) is 0. The van der Waals surface area contributed by atoms with E-state index < -0.39 is 0 Å². The van der Waals surface area contributed by atoms with Crippen LogP contribution in [0.25, 0.3) is 11.8 Å². The van der Waals surface area contributed by atoms with E-state index in [2.05, 4.69) is 55.2 Å². The molecule has 196 valence electrons. The Morgan fingerprint density at radius 1 is 0.895 bits per heavy atom. The number of benzene rings is 2. The fourth-order valence-electron chi connectivity index (χ4n) is 6.20. The topological polar surface area (TPSA) is 44.6 Å². The molecule has 0 unspecified atom stereocenters. The van der Waals surface area contributed by atoms with Crippen LogP contribution >= 0.6 is 0 Å². The molecular formula is C34H38NO3+. The van der Waals surface area contributed by atoms with E-state index in [1.54, 1.807) is 0 Å². The van der Waals surface area contributed by atoms with E-state index in [4.69, 9.17) is 14.6 Å². The van der Waals surface area contributed by atoms with Crippen LogP contribution in [0.5, 0.6) is 11.5 Å². The van der Waals surface area contributed by atoms with Gasteiger partial charge in [-0.25, -0.2) is 0 Å². The second-order valence-corrected chi connectivity index (χ2v) is 10.7. The summed E-state index contributed by atoms with van der Waals surface area (Å²) in [6.45, 7) is 6.82. The number of nitrogens with zero attached hydrogens (tertiary/aromatic N) is 1. The SMILES string of the molecule is CCN(CC)c1ccc(/C=C2/CCC/C(=C\C3=C4OC5=C(C=C4CCC3)COc3ccccc35)C2)c([OH2+])c1. The number of anilines is 1. The monoisotopic (exact) mass is 508 g/mol. The Kier molecular flexibility index (Phi) is 6.88. The summed E-state index contributed by atoms with van der Waals surface area (Å²) in [4.78, 5) is 2.30. The van der Waals surface area contributed by atoms with Crippen LogP contribution < -0.4 is 9.64 Å². The Balaban J connectivity index is 1.26. The number of hydrogen-bond acceptors (Lipinski definition) is 3. The molecule has 4 aliphatic rings. The molecule has 0 atom stereocenters. The Bertz CT molecular complexity index is 1400. The van der Waals surface area contributed by atoms with E-state index in [0.717, 1.165) is 97.7 Å². The minimum atomic E-state index is 0.571. The van der Waals surface area contributed by atoms with Gasteiger partial charge in [-0.05, 0) is 106 Å². The second-order valence-electron chi connectivity index (χ2n) is 10.7. The summed E-state index contributed by atoms with van der Waals surface area (Å²) in [5.41, 5.74) is 9.91. The van der Waals surface area contributed by atoms with Gasteiger partial charge in [0.15, 0.2) is 0 Å². The summed E-state index contributed by atoms with van der Waals surface area (Å²) < 4.78 is 12.7. The Hall–Kier alpha value is -3.66. The zero-order chi connectivity index (χ0) is 26.1. The van der Waals surface area contributed by atoms with Crippen LogP contribution in [0.15, 0.2) is 88.2 Å². The molecule has 0 saturated heterocycles. The molecule has 2 aromatic carbocycles. The fraction of sp³-hybridized carbons (Fsp3) is 0.353. The standard InChI is InChI=1S/C34H37NO3/c1-3-35(4-2)29-16-15-25(31(36)21-29)18-23-9-7-10-24(17-23)19-26-11-8-12-27-20-28-22-37-32-14-6-5-13-30(32)34(28)38-33(26)27/h5-6,13-16,18-21,36H,3-4,7-12,17,22H2,1-2H3/p+1/b23-18-,24-19+. The second kappa shape index (κ2) is 10.6. The third kappa shape index (κ3) is 4.80. The molecular weight excluding hydrogens is 470 g/mol. The van der Waals surface area contributed by atoms with E-state index in [9.17, 15) is 0 Å². The lowest BCUT2D eigenvalue weighted by Crippen LogP contribution is -2.21. The molecule has 2 aliphatic carbocycles. The molecule has 4 nitrogen and oxygen atoms in total. The lowest BCUT2D eigenvalue weighted by atomic mass is 9.84. The molecule has 38 heavy (non-hydrogen) atoms. The van der Waals surface area contributed by atoms with E-state index >= 15 is 0 Å².